The van der Waals surface area contributed by atoms with Gasteiger partial charge in [0.25, 0.3) is 0 Å². The number of halogens is 1. The highest BCUT2D eigenvalue weighted by Gasteiger charge is 2.40. The quantitative estimate of drug-likeness (QED) is 0.702. The Morgan fingerprint density at radius 3 is 2.41 bits per heavy atom. The van der Waals surface area contributed by atoms with Gasteiger partial charge in [-0.3, -0.25) is 14.4 Å². The van der Waals surface area contributed by atoms with Crippen LogP contribution in [0, 0.1) is 13.8 Å². The third kappa shape index (κ3) is 4.78. The van der Waals surface area contributed by atoms with Crippen LogP contribution in [-0.2, 0) is 14.4 Å². The molecule has 27 heavy (non-hydrogen) atoms. The predicted octanol–water partition coefficient (Wildman–Crippen LogP) is 4.07. The number of nitrogens with zero attached hydrogens (tertiary/aromatic N) is 1. The summed E-state index contributed by atoms with van der Waals surface area (Å²) in [6.45, 7) is 3.86. The summed E-state index contributed by atoms with van der Waals surface area (Å²) in [5.41, 5.74) is 3.28. The van der Waals surface area contributed by atoms with Crippen molar-refractivity contribution in [3.8, 4) is 0 Å². The third-order valence-electron chi connectivity index (χ3n) is 4.11. The fourth-order valence-electron chi connectivity index (χ4n) is 2.99. The second kappa shape index (κ2) is 8.27. The molecule has 0 unspecified atom stereocenters. The van der Waals surface area contributed by atoms with E-state index in [9.17, 15) is 14.4 Å². The molecule has 1 saturated heterocycles. The van der Waals surface area contributed by atoms with Gasteiger partial charge >= 0.3 is 0 Å². The largest absolute Gasteiger partial charge is 0.325 e. The Hall–Kier alpha value is -2.12. The van der Waals surface area contributed by atoms with Crippen molar-refractivity contribution in [2.45, 2.75) is 25.5 Å². The summed E-state index contributed by atoms with van der Waals surface area (Å²) >= 11 is 4.54. The zero-order valence-corrected chi connectivity index (χ0v) is 17.4. The van der Waals surface area contributed by atoms with E-state index in [-0.39, 0.29) is 29.9 Å². The van der Waals surface area contributed by atoms with Gasteiger partial charge in [-0.2, -0.15) is 0 Å². The van der Waals surface area contributed by atoms with Crippen LogP contribution in [0.4, 0.5) is 11.4 Å². The summed E-state index contributed by atoms with van der Waals surface area (Å²) in [4.78, 5) is 38.4. The van der Waals surface area contributed by atoms with Crippen LogP contribution in [0.1, 0.15) is 17.5 Å². The van der Waals surface area contributed by atoms with Crippen LogP contribution in [-0.4, -0.2) is 28.7 Å². The minimum Gasteiger partial charge on any atom is -0.325 e. The Morgan fingerprint density at radius 1 is 1.15 bits per heavy atom. The highest BCUT2D eigenvalue weighted by Crippen LogP contribution is 2.30. The predicted molar refractivity (Wildman–Crippen MR) is 112 cm³/mol. The number of thioether (sulfide) groups is 1. The molecule has 1 atom stereocenters. The lowest BCUT2D eigenvalue weighted by Gasteiger charge is -2.16. The molecule has 0 spiro atoms. The minimum atomic E-state index is -0.533. The molecular weight excluding hydrogens is 428 g/mol. The first kappa shape index (κ1) is 19.6. The molecule has 2 aromatic rings. The maximum atomic E-state index is 12.7. The van der Waals surface area contributed by atoms with Crippen LogP contribution in [0.5, 0.6) is 0 Å². The zero-order valence-electron chi connectivity index (χ0n) is 15.0. The fraction of sp³-hybridized carbons (Fsp3) is 0.250. The lowest BCUT2D eigenvalue weighted by Crippen LogP contribution is -2.31. The SMILES string of the molecule is Cc1cc(C)cc(N2C(=O)C[C@@H](SCC(=O)Nc3ccc(Br)cc3)C2=O)c1. The molecule has 3 amide bonds. The lowest BCUT2D eigenvalue weighted by atomic mass is 10.1. The van der Waals surface area contributed by atoms with Crippen molar-refractivity contribution in [1.82, 2.24) is 0 Å². The van der Waals surface area contributed by atoms with Crippen LogP contribution in [0.15, 0.2) is 46.9 Å². The highest BCUT2D eigenvalue weighted by atomic mass is 79.9. The van der Waals surface area contributed by atoms with E-state index in [1.54, 1.807) is 12.1 Å². The van der Waals surface area contributed by atoms with E-state index in [1.807, 2.05) is 44.2 Å². The van der Waals surface area contributed by atoms with Crippen molar-refractivity contribution in [1.29, 1.82) is 0 Å². The molecule has 1 fully saturated rings. The van der Waals surface area contributed by atoms with Crippen molar-refractivity contribution in [2.24, 2.45) is 0 Å². The van der Waals surface area contributed by atoms with Gasteiger partial charge in [-0.15, -0.1) is 11.8 Å². The number of anilines is 2. The Balaban J connectivity index is 1.61. The van der Waals surface area contributed by atoms with Crippen LogP contribution < -0.4 is 10.2 Å². The molecular formula is C20H19BrN2O3S. The lowest BCUT2D eigenvalue weighted by molar-refractivity contribution is -0.121. The number of benzene rings is 2. The number of nitrogens with one attached hydrogen (secondary N) is 1. The van der Waals surface area contributed by atoms with Gasteiger partial charge < -0.3 is 5.32 Å². The van der Waals surface area contributed by atoms with E-state index >= 15 is 0 Å². The number of amides is 3. The van der Waals surface area contributed by atoms with E-state index < -0.39 is 5.25 Å². The van der Waals surface area contributed by atoms with Gasteiger partial charge in [0.2, 0.25) is 17.7 Å². The topological polar surface area (TPSA) is 66.5 Å². The molecule has 7 heteroatoms. The second-order valence-electron chi connectivity index (χ2n) is 6.47. The Bertz CT molecular complexity index is 878. The highest BCUT2D eigenvalue weighted by molar-refractivity contribution is 9.10. The van der Waals surface area contributed by atoms with E-state index in [4.69, 9.17) is 0 Å². The maximum Gasteiger partial charge on any atom is 0.247 e. The molecule has 0 aliphatic carbocycles. The average Bonchev–Trinajstić information content (AvgIpc) is 2.88. The summed E-state index contributed by atoms with van der Waals surface area (Å²) in [6.07, 6.45) is 0.113. The molecule has 2 aromatic carbocycles. The molecule has 1 N–H and O–H groups in total. The van der Waals surface area contributed by atoms with Crippen molar-refractivity contribution in [2.75, 3.05) is 16.0 Å². The number of aryl methyl sites for hydroxylation is 2. The Labute approximate surface area is 170 Å². The molecule has 1 heterocycles. The molecule has 1 aliphatic rings. The number of carbonyl (C=O) groups is 3. The second-order valence-corrected chi connectivity index (χ2v) is 8.58. The minimum absolute atomic E-state index is 0.112. The van der Waals surface area contributed by atoms with Crippen LogP contribution in [0.3, 0.4) is 0 Å². The summed E-state index contributed by atoms with van der Waals surface area (Å²) in [5, 5.41) is 2.25. The van der Waals surface area contributed by atoms with E-state index in [0.717, 1.165) is 15.6 Å². The average molecular weight is 447 g/mol. The van der Waals surface area contributed by atoms with Gasteiger partial charge in [0.15, 0.2) is 0 Å². The van der Waals surface area contributed by atoms with E-state index in [0.29, 0.717) is 11.4 Å². The maximum absolute atomic E-state index is 12.7. The van der Waals surface area contributed by atoms with Gasteiger partial charge in [-0.05, 0) is 61.4 Å². The Morgan fingerprint density at radius 2 is 1.78 bits per heavy atom. The summed E-state index contributed by atoms with van der Waals surface area (Å²) in [7, 11) is 0. The number of imide groups is 1. The molecule has 3 rings (SSSR count). The smallest absolute Gasteiger partial charge is 0.247 e. The number of rotatable bonds is 5. The zero-order chi connectivity index (χ0) is 19.6. The van der Waals surface area contributed by atoms with Crippen LogP contribution in [0.2, 0.25) is 0 Å². The van der Waals surface area contributed by atoms with Crippen molar-refractivity contribution in [3.63, 3.8) is 0 Å². The first-order chi connectivity index (χ1) is 12.8. The molecule has 140 valence electrons. The number of carbonyl (C=O) groups excluding carboxylic acids is 3. The van der Waals surface area contributed by atoms with Crippen molar-refractivity contribution >= 4 is 56.8 Å². The monoisotopic (exact) mass is 446 g/mol. The molecule has 0 saturated carbocycles. The van der Waals surface area contributed by atoms with Crippen LogP contribution in [0.25, 0.3) is 0 Å². The van der Waals surface area contributed by atoms with Gasteiger partial charge in [-0.25, -0.2) is 4.90 Å². The van der Waals surface area contributed by atoms with Gasteiger partial charge in [-0.1, -0.05) is 22.0 Å². The fourth-order valence-corrected chi connectivity index (χ4v) is 4.19. The molecule has 0 aromatic heterocycles. The standard InChI is InChI=1S/C20H19BrN2O3S/c1-12-7-13(2)9-16(8-12)23-19(25)10-17(20(23)26)27-11-18(24)22-15-5-3-14(21)4-6-15/h3-9,17H,10-11H2,1-2H3,(H,22,24)/t17-/m1/s1. The number of hydrogen-bond donors (Lipinski definition) is 1. The van der Waals surface area contributed by atoms with E-state index in [1.165, 1.54) is 16.7 Å². The van der Waals surface area contributed by atoms with Gasteiger partial charge in [0, 0.05) is 16.6 Å². The summed E-state index contributed by atoms with van der Waals surface area (Å²) in [5.74, 6) is -0.574. The Kier molecular flexibility index (Phi) is 6.01. The molecule has 0 radical (unpaired) electrons. The normalized spacial score (nSPS) is 16.7. The first-order valence-corrected chi connectivity index (χ1v) is 10.3. The molecule has 0 bridgehead atoms. The van der Waals surface area contributed by atoms with Crippen molar-refractivity contribution < 1.29 is 14.4 Å². The van der Waals surface area contributed by atoms with Crippen molar-refractivity contribution in [3.05, 3.63) is 58.1 Å². The van der Waals surface area contributed by atoms with E-state index in [2.05, 4.69) is 21.2 Å². The summed E-state index contributed by atoms with van der Waals surface area (Å²) in [6, 6.07) is 12.9. The van der Waals surface area contributed by atoms with Gasteiger partial charge in [0.05, 0.1) is 16.7 Å². The van der Waals surface area contributed by atoms with Gasteiger partial charge in [0.1, 0.15) is 0 Å². The van der Waals surface area contributed by atoms with Crippen LogP contribution >= 0.6 is 27.7 Å². The third-order valence-corrected chi connectivity index (χ3v) is 5.84. The number of hydrogen-bond acceptors (Lipinski definition) is 4. The first-order valence-electron chi connectivity index (χ1n) is 8.45. The molecule has 5 nitrogen and oxygen atoms in total. The summed E-state index contributed by atoms with van der Waals surface area (Å²) < 4.78 is 0.927. The molecule has 1 aliphatic heterocycles.